The van der Waals surface area contributed by atoms with Gasteiger partial charge in [-0.15, -0.1) is 0 Å². The van der Waals surface area contributed by atoms with Crippen LogP contribution in [-0.4, -0.2) is 34.0 Å². The van der Waals surface area contributed by atoms with Crippen molar-refractivity contribution in [3.05, 3.63) is 0 Å². The Kier molecular flexibility index (Phi) is 30500. The van der Waals surface area contributed by atoms with E-state index in [1.165, 1.54) is 0 Å². The smallest absolute Gasteiger partial charge is 1.00 e. The average Bonchev–Trinajstić information content (AvgIpc) is 0. The van der Waals surface area contributed by atoms with E-state index in [-0.39, 0.29) is 79.0 Å². The minimum absolute atomic E-state index is 0. The number of hydrogen-bond donors (Lipinski definition) is 0. The molecule has 0 heterocycles. The van der Waals surface area contributed by atoms with Crippen LogP contribution in [0.3, 0.4) is 0 Å². The molecule has 0 aliphatic rings. The summed E-state index contributed by atoms with van der Waals surface area (Å²) in [6, 6.07) is 0. The molecule has 0 aliphatic carbocycles. The number of rotatable bonds is 0. The largest absolute Gasteiger partial charge is 2.00 e. The average molecular weight is 163 g/mol. The van der Waals surface area contributed by atoms with Gasteiger partial charge in [0.1, 0.15) is 0 Å². The number of halogens is 1. The predicted octanol–water partition coefficient (Wildman–Crippen LogP) is -2.12. The fraction of sp³-hybridized carbons (Fsp3) is 1.00. The Morgan fingerprint density at radius 1 is 0.750 bits per heavy atom. The molecule has 0 bridgehead atoms. The Hall–Kier alpha value is 0.976. The van der Waals surface area contributed by atoms with E-state index in [1.807, 2.05) is 0 Å². The van der Waals surface area contributed by atoms with Crippen molar-refractivity contribution in [2.45, 2.75) is 29.7 Å². The van der Waals surface area contributed by atoms with Crippen molar-refractivity contribution < 1.29 is 26.2 Å². The van der Waals surface area contributed by atoms with Crippen LogP contribution < -0.4 is 12.4 Å². The SMILES string of the molecule is C.C.C.C.O.O.[Cl-].[H-].[HH].[Mg+2]. The maximum absolute atomic E-state index is 0. The van der Waals surface area contributed by atoms with Crippen LogP contribution in [0.5, 0.6) is 0 Å². The van der Waals surface area contributed by atoms with E-state index in [0.29, 0.717) is 0 Å². The molecule has 4 heteroatoms. The van der Waals surface area contributed by atoms with E-state index in [2.05, 4.69) is 0 Å². The van der Waals surface area contributed by atoms with Gasteiger partial charge >= 0.3 is 23.1 Å². The van der Waals surface area contributed by atoms with Gasteiger partial charge < -0.3 is 24.8 Å². The molecule has 0 aliphatic heterocycles. The summed E-state index contributed by atoms with van der Waals surface area (Å²) in [5, 5.41) is 0. The third kappa shape index (κ3) is 261. The summed E-state index contributed by atoms with van der Waals surface area (Å²) >= 11 is 0. The van der Waals surface area contributed by atoms with Gasteiger partial charge in [-0.3, -0.25) is 0 Å². The van der Waals surface area contributed by atoms with Gasteiger partial charge in [0.15, 0.2) is 0 Å². The molecule has 0 spiro atoms. The second-order valence-electron chi connectivity index (χ2n) is 0. The topological polar surface area (TPSA) is 63.0 Å². The molecule has 0 saturated carbocycles. The summed E-state index contributed by atoms with van der Waals surface area (Å²) in [7, 11) is 0. The Morgan fingerprint density at radius 3 is 0.750 bits per heavy atom. The van der Waals surface area contributed by atoms with Gasteiger partial charge in [-0.05, 0) is 0 Å². The first-order valence-electron chi connectivity index (χ1n) is 0. The maximum Gasteiger partial charge on any atom is 2.00 e. The molecule has 0 saturated heterocycles. The molecule has 0 aromatic heterocycles. The van der Waals surface area contributed by atoms with Gasteiger partial charge in [-0.1, -0.05) is 29.7 Å². The van der Waals surface area contributed by atoms with Crippen molar-refractivity contribution in [2.24, 2.45) is 0 Å². The minimum Gasteiger partial charge on any atom is -1.00 e. The van der Waals surface area contributed by atoms with Crippen molar-refractivity contribution in [3.8, 4) is 0 Å². The summed E-state index contributed by atoms with van der Waals surface area (Å²) in [6.07, 6.45) is 0. The molecule has 0 rings (SSSR count). The second-order valence-corrected chi connectivity index (χ2v) is 0. The first kappa shape index (κ1) is 599. The zero-order chi connectivity index (χ0) is 0. The third-order valence-corrected chi connectivity index (χ3v) is 0. The van der Waals surface area contributed by atoms with E-state index in [0.717, 1.165) is 0 Å². The van der Waals surface area contributed by atoms with E-state index >= 15 is 0 Å². The molecule has 0 aromatic rings. The summed E-state index contributed by atoms with van der Waals surface area (Å²) in [4.78, 5) is 0. The van der Waals surface area contributed by atoms with Gasteiger partial charge in [0.2, 0.25) is 0 Å². The summed E-state index contributed by atoms with van der Waals surface area (Å²) in [6.45, 7) is 0. The van der Waals surface area contributed by atoms with E-state index in [9.17, 15) is 0 Å². The molecular weight excluding hydrogens is 140 g/mol. The standard InChI is InChI=1S/4CH4.ClH.Mg.2H2O.H2.H/h4*1H4;1H;;2*1H2;1H;/q;;;;;+2;;;;-1/p-1. The fourth-order valence-electron chi connectivity index (χ4n) is 0. The minimum atomic E-state index is 0. The second kappa shape index (κ2) is 407. The van der Waals surface area contributed by atoms with Crippen molar-refractivity contribution in [2.75, 3.05) is 0 Å². The molecule has 60 valence electrons. The molecule has 0 unspecified atom stereocenters. The zero-order valence-electron chi connectivity index (χ0n) is 3.09. The summed E-state index contributed by atoms with van der Waals surface area (Å²) < 4.78 is 0. The number of hydrogen-bond acceptors (Lipinski definition) is 0. The van der Waals surface area contributed by atoms with Crippen molar-refractivity contribution in [3.63, 3.8) is 0 Å². The molecule has 0 aromatic carbocycles. The molecule has 0 fully saturated rings. The van der Waals surface area contributed by atoms with E-state index in [1.54, 1.807) is 0 Å². The Bertz CT molecular complexity index is 21.2. The van der Waals surface area contributed by atoms with Gasteiger partial charge in [0.05, 0.1) is 0 Å². The first-order valence-corrected chi connectivity index (χ1v) is 0. The monoisotopic (exact) mass is 162 g/mol. The third-order valence-electron chi connectivity index (χ3n) is 0. The van der Waals surface area contributed by atoms with Crippen molar-refractivity contribution in [1.29, 1.82) is 0 Å². The Labute approximate surface area is 79.2 Å². The van der Waals surface area contributed by atoms with E-state index < -0.39 is 0 Å². The van der Waals surface area contributed by atoms with Gasteiger partial charge in [0, 0.05) is 1.43 Å². The van der Waals surface area contributed by atoms with Crippen LogP contribution >= 0.6 is 0 Å². The van der Waals surface area contributed by atoms with Crippen LogP contribution in [0.4, 0.5) is 0 Å². The quantitative estimate of drug-likeness (QED) is 0.366. The van der Waals surface area contributed by atoms with Crippen LogP contribution in [0.15, 0.2) is 0 Å². The van der Waals surface area contributed by atoms with Crippen LogP contribution in [0.2, 0.25) is 0 Å². The predicted molar refractivity (Wildman–Crippen MR) is 43.1 cm³/mol. The fourth-order valence-corrected chi connectivity index (χ4v) is 0. The normalized spacial score (nSPS) is 0. The van der Waals surface area contributed by atoms with Crippen LogP contribution in [0.25, 0.3) is 0 Å². The van der Waals surface area contributed by atoms with Gasteiger partial charge in [0.25, 0.3) is 0 Å². The maximum atomic E-state index is 0. The van der Waals surface area contributed by atoms with E-state index in [4.69, 9.17) is 0 Å². The molecule has 2 nitrogen and oxygen atoms in total. The van der Waals surface area contributed by atoms with Crippen molar-refractivity contribution >= 4 is 23.1 Å². The molecular formula is C4H23ClMgO2. The van der Waals surface area contributed by atoms with Crippen LogP contribution in [0.1, 0.15) is 32.6 Å². The van der Waals surface area contributed by atoms with Gasteiger partial charge in [-0.2, -0.15) is 0 Å². The molecule has 0 radical (unpaired) electrons. The molecule has 0 atom stereocenters. The van der Waals surface area contributed by atoms with Gasteiger partial charge in [-0.25, -0.2) is 0 Å². The summed E-state index contributed by atoms with van der Waals surface area (Å²) in [5.41, 5.74) is 0. The molecule has 8 heavy (non-hydrogen) atoms. The van der Waals surface area contributed by atoms with Crippen molar-refractivity contribution in [1.82, 2.24) is 0 Å². The Morgan fingerprint density at radius 2 is 0.750 bits per heavy atom. The van der Waals surface area contributed by atoms with Crippen LogP contribution in [0, 0.1) is 0 Å². The Balaban J connectivity index is 0. The first-order chi connectivity index (χ1) is 0. The summed E-state index contributed by atoms with van der Waals surface area (Å²) in [5.74, 6) is 0. The molecule has 0 amide bonds. The molecule has 4 N–H and O–H groups in total. The zero-order valence-corrected chi connectivity index (χ0v) is 4.26. The van der Waals surface area contributed by atoms with Crippen LogP contribution in [-0.2, 0) is 0 Å².